The van der Waals surface area contributed by atoms with Gasteiger partial charge in [-0.25, -0.2) is 9.97 Å². The minimum atomic E-state index is -0.685. The Morgan fingerprint density at radius 1 is 1.00 bits per heavy atom. The van der Waals surface area contributed by atoms with Gasteiger partial charge < -0.3 is 9.52 Å². The fourth-order valence-corrected chi connectivity index (χ4v) is 4.40. The van der Waals surface area contributed by atoms with E-state index in [4.69, 9.17) is 9.52 Å². The molecule has 3 aromatic heterocycles. The fraction of sp³-hybridized carbons (Fsp3) is 0.292. The van der Waals surface area contributed by atoms with Gasteiger partial charge in [-0.3, -0.25) is 14.9 Å². The highest BCUT2D eigenvalue weighted by atomic mass is 16.4. The molecule has 0 bridgehead atoms. The maximum Gasteiger partial charge on any atom is 0.303 e. The molecule has 1 aliphatic carbocycles. The van der Waals surface area contributed by atoms with Crippen LogP contribution < -0.4 is 0 Å². The van der Waals surface area contributed by atoms with Crippen molar-refractivity contribution in [2.75, 3.05) is 0 Å². The summed E-state index contributed by atoms with van der Waals surface area (Å²) in [5.74, 6) is 1.24. The topological polar surface area (TPSA) is 118 Å². The smallest absolute Gasteiger partial charge is 0.303 e. The van der Waals surface area contributed by atoms with Crippen molar-refractivity contribution in [1.29, 1.82) is 0 Å². The molecule has 8 nitrogen and oxygen atoms in total. The lowest BCUT2D eigenvalue weighted by atomic mass is 9.77. The number of aromatic amines is 1. The molecule has 1 aromatic carbocycles. The normalized spacial score (nSPS) is 18.5. The molecule has 0 amide bonds. The van der Waals surface area contributed by atoms with Crippen molar-refractivity contribution in [3.8, 4) is 34.2 Å². The van der Waals surface area contributed by atoms with E-state index < -0.39 is 5.97 Å². The van der Waals surface area contributed by atoms with Gasteiger partial charge in [-0.05, 0) is 55.2 Å². The second kappa shape index (κ2) is 8.74. The van der Waals surface area contributed by atoms with Crippen LogP contribution in [0.1, 0.15) is 43.6 Å². The molecule has 1 fully saturated rings. The number of H-pyrrole nitrogens is 1. The third kappa shape index (κ3) is 4.30. The molecule has 0 spiro atoms. The number of aliphatic carboxylic acids is 1. The Bertz CT molecular complexity index is 1180. The van der Waals surface area contributed by atoms with Crippen LogP contribution >= 0.6 is 0 Å². The Morgan fingerprint density at radius 2 is 1.78 bits per heavy atom. The standard InChI is InChI=1S/C24H23N5O3/c30-22(31)11-15-1-3-16(4-2-15)17-5-7-18(8-6-17)20-10-9-19(12-25-20)23-27-24(29-28-23)21-13-32-14-26-21/h5-10,12-16H,1-4,11H2,(H,30,31)(H,27,28,29). The molecule has 0 unspecified atom stereocenters. The van der Waals surface area contributed by atoms with Crippen molar-refractivity contribution < 1.29 is 14.3 Å². The first-order valence-electron chi connectivity index (χ1n) is 10.8. The second-order valence-electron chi connectivity index (χ2n) is 8.25. The Hall–Kier alpha value is -3.81. The summed E-state index contributed by atoms with van der Waals surface area (Å²) in [7, 11) is 0. The van der Waals surface area contributed by atoms with Crippen LogP contribution in [0.25, 0.3) is 34.2 Å². The van der Waals surface area contributed by atoms with Crippen LogP contribution in [0.5, 0.6) is 0 Å². The third-order valence-electron chi connectivity index (χ3n) is 6.17. The maximum atomic E-state index is 10.9. The van der Waals surface area contributed by atoms with Gasteiger partial charge in [0.15, 0.2) is 18.0 Å². The first-order valence-corrected chi connectivity index (χ1v) is 10.8. The van der Waals surface area contributed by atoms with Gasteiger partial charge in [0.2, 0.25) is 0 Å². The quantitative estimate of drug-likeness (QED) is 0.446. The zero-order chi connectivity index (χ0) is 21.9. The molecule has 2 N–H and O–H groups in total. The summed E-state index contributed by atoms with van der Waals surface area (Å²) >= 11 is 0. The number of oxazole rings is 1. The Balaban J connectivity index is 1.24. The molecule has 0 saturated heterocycles. The number of carboxylic acids is 1. The molecular weight excluding hydrogens is 406 g/mol. The van der Waals surface area contributed by atoms with Crippen LogP contribution in [0.2, 0.25) is 0 Å². The molecule has 0 radical (unpaired) electrons. The highest BCUT2D eigenvalue weighted by Crippen LogP contribution is 2.37. The SMILES string of the molecule is O=C(O)CC1CCC(c2ccc(-c3ccc(-c4n[nH]c(-c5cocn5)n4)cn3)cc2)CC1. The number of nitrogens with zero attached hydrogens (tertiary/aromatic N) is 4. The Kier molecular flexibility index (Phi) is 5.49. The second-order valence-corrected chi connectivity index (χ2v) is 8.25. The summed E-state index contributed by atoms with van der Waals surface area (Å²) in [6.45, 7) is 0. The van der Waals surface area contributed by atoms with Crippen molar-refractivity contribution in [2.45, 2.75) is 38.0 Å². The van der Waals surface area contributed by atoms with Crippen molar-refractivity contribution in [3.63, 3.8) is 0 Å². The molecule has 0 aliphatic heterocycles. The van der Waals surface area contributed by atoms with Gasteiger partial charge in [0.1, 0.15) is 12.0 Å². The van der Waals surface area contributed by atoms with Crippen molar-refractivity contribution in [2.24, 2.45) is 5.92 Å². The van der Waals surface area contributed by atoms with Crippen molar-refractivity contribution >= 4 is 5.97 Å². The Labute approximate surface area is 184 Å². The van der Waals surface area contributed by atoms with Crippen LogP contribution in [0.3, 0.4) is 0 Å². The predicted octanol–water partition coefficient (Wildman–Crippen LogP) is 4.94. The van der Waals surface area contributed by atoms with Gasteiger partial charge >= 0.3 is 5.97 Å². The molecule has 8 heteroatoms. The number of nitrogens with one attached hydrogen (secondary N) is 1. The van der Waals surface area contributed by atoms with Crippen molar-refractivity contribution in [1.82, 2.24) is 25.1 Å². The summed E-state index contributed by atoms with van der Waals surface area (Å²) in [6, 6.07) is 12.5. The number of benzene rings is 1. The maximum absolute atomic E-state index is 10.9. The molecule has 162 valence electrons. The summed E-state index contributed by atoms with van der Waals surface area (Å²) in [5, 5.41) is 16.1. The highest BCUT2D eigenvalue weighted by Gasteiger charge is 2.24. The first kappa shape index (κ1) is 20.1. The van der Waals surface area contributed by atoms with Crippen LogP contribution in [-0.2, 0) is 4.79 Å². The van der Waals surface area contributed by atoms with E-state index in [2.05, 4.69) is 49.4 Å². The number of rotatable bonds is 6. The molecule has 4 aromatic rings. The van der Waals surface area contributed by atoms with E-state index in [0.717, 1.165) is 42.5 Å². The molecule has 32 heavy (non-hydrogen) atoms. The monoisotopic (exact) mass is 429 g/mol. The van der Waals surface area contributed by atoms with Gasteiger partial charge in [0.05, 0.1) is 5.69 Å². The first-order chi connectivity index (χ1) is 15.7. The van der Waals surface area contributed by atoms with E-state index in [0.29, 0.717) is 35.6 Å². The number of hydrogen-bond donors (Lipinski definition) is 2. The average molecular weight is 429 g/mol. The molecule has 0 atom stereocenters. The molecule has 5 rings (SSSR count). The lowest BCUT2D eigenvalue weighted by molar-refractivity contribution is -0.138. The van der Waals surface area contributed by atoms with Crippen molar-refractivity contribution in [3.05, 3.63) is 60.8 Å². The fourth-order valence-electron chi connectivity index (χ4n) is 4.40. The van der Waals surface area contributed by atoms with Gasteiger partial charge in [0, 0.05) is 23.7 Å². The third-order valence-corrected chi connectivity index (χ3v) is 6.17. The van der Waals surface area contributed by atoms with E-state index in [1.807, 2.05) is 12.1 Å². The molecular formula is C24H23N5O3. The molecule has 1 saturated carbocycles. The van der Waals surface area contributed by atoms with E-state index >= 15 is 0 Å². The summed E-state index contributed by atoms with van der Waals surface area (Å²) < 4.78 is 4.98. The lowest BCUT2D eigenvalue weighted by Gasteiger charge is -2.28. The van der Waals surface area contributed by atoms with E-state index in [1.165, 1.54) is 18.2 Å². The minimum absolute atomic E-state index is 0.294. The van der Waals surface area contributed by atoms with Crippen LogP contribution in [0.4, 0.5) is 0 Å². The van der Waals surface area contributed by atoms with Crippen LogP contribution in [0, 0.1) is 5.92 Å². The number of carbonyl (C=O) groups is 1. The zero-order valence-electron chi connectivity index (χ0n) is 17.4. The lowest BCUT2D eigenvalue weighted by Crippen LogP contribution is -2.16. The zero-order valence-corrected chi connectivity index (χ0v) is 17.4. The average Bonchev–Trinajstić information content (AvgIpc) is 3.52. The molecule has 1 aliphatic rings. The van der Waals surface area contributed by atoms with Crippen LogP contribution in [-0.4, -0.2) is 36.2 Å². The summed E-state index contributed by atoms with van der Waals surface area (Å²) in [4.78, 5) is 24.0. The largest absolute Gasteiger partial charge is 0.481 e. The molecule has 3 heterocycles. The summed E-state index contributed by atoms with van der Waals surface area (Å²) in [6.07, 6.45) is 9.00. The number of hydrogen-bond acceptors (Lipinski definition) is 6. The van der Waals surface area contributed by atoms with Gasteiger partial charge in [-0.15, -0.1) is 0 Å². The predicted molar refractivity (Wildman–Crippen MR) is 117 cm³/mol. The Morgan fingerprint density at radius 3 is 2.44 bits per heavy atom. The van der Waals surface area contributed by atoms with Crippen LogP contribution in [0.15, 0.2) is 59.7 Å². The van der Waals surface area contributed by atoms with Gasteiger partial charge in [-0.2, -0.15) is 5.10 Å². The van der Waals surface area contributed by atoms with Gasteiger partial charge in [0.25, 0.3) is 0 Å². The van der Waals surface area contributed by atoms with E-state index in [9.17, 15) is 4.79 Å². The summed E-state index contributed by atoms with van der Waals surface area (Å²) in [5.41, 5.74) is 4.68. The van der Waals surface area contributed by atoms with E-state index in [1.54, 1.807) is 6.20 Å². The number of pyridine rings is 1. The highest BCUT2D eigenvalue weighted by molar-refractivity contribution is 5.67. The van der Waals surface area contributed by atoms with Gasteiger partial charge in [-0.1, -0.05) is 24.3 Å². The minimum Gasteiger partial charge on any atom is -0.481 e. The van der Waals surface area contributed by atoms with E-state index in [-0.39, 0.29) is 0 Å². The number of aromatic nitrogens is 5. The number of carboxylic acid groups (broad SMARTS) is 1.